The zero-order chi connectivity index (χ0) is 17.0. The van der Waals surface area contributed by atoms with E-state index < -0.39 is 30.5 Å². The Kier molecular flexibility index (Phi) is 5.07. The lowest BCUT2D eigenvalue weighted by Gasteiger charge is -2.25. The minimum absolute atomic E-state index is 0.0696. The van der Waals surface area contributed by atoms with Crippen LogP contribution < -0.4 is 0 Å². The van der Waals surface area contributed by atoms with Gasteiger partial charge in [-0.15, -0.1) is 0 Å². The van der Waals surface area contributed by atoms with Gasteiger partial charge in [0.1, 0.15) is 6.61 Å². The highest BCUT2D eigenvalue weighted by molar-refractivity contribution is 6.12. The lowest BCUT2D eigenvalue weighted by atomic mass is 10.2. The molecule has 23 heavy (non-hydrogen) atoms. The number of carbonyl (C=O) groups is 4. The SMILES string of the molecule is C=C1C=CC(=O)N1CCC(CN1C(=O)C=CC1=O)OCC(=O)O. The summed E-state index contributed by atoms with van der Waals surface area (Å²) in [5, 5.41) is 8.72. The standard InChI is InChI=1S/C15H16N2O6/c1-10-2-3-12(18)16(10)7-6-11(23-9-15(21)22)8-17-13(19)4-5-14(17)20/h2-5,11H,1,6-9H2,(H,21,22). The number of hydrogen-bond acceptors (Lipinski definition) is 5. The summed E-state index contributed by atoms with van der Waals surface area (Å²) in [6.07, 6.45) is 4.81. The Hall–Kier alpha value is -2.74. The largest absolute Gasteiger partial charge is 0.480 e. The van der Waals surface area contributed by atoms with E-state index in [1.165, 1.54) is 11.0 Å². The summed E-state index contributed by atoms with van der Waals surface area (Å²) in [4.78, 5) is 47.8. The Bertz CT molecular complexity index is 585. The molecule has 2 heterocycles. The van der Waals surface area contributed by atoms with Gasteiger partial charge < -0.3 is 14.7 Å². The Morgan fingerprint density at radius 1 is 1.09 bits per heavy atom. The van der Waals surface area contributed by atoms with E-state index in [9.17, 15) is 19.2 Å². The van der Waals surface area contributed by atoms with Crippen molar-refractivity contribution in [3.8, 4) is 0 Å². The zero-order valence-electron chi connectivity index (χ0n) is 12.3. The molecule has 0 saturated heterocycles. The number of ether oxygens (including phenoxy) is 1. The molecule has 1 N–H and O–H groups in total. The van der Waals surface area contributed by atoms with Gasteiger partial charge in [-0.05, 0) is 12.5 Å². The number of nitrogens with zero attached hydrogens (tertiary/aromatic N) is 2. The number of imide groups is 1. The van der Waals surface area contributed by atoms with E-state index in [2.05, 4.69) is 6.58 Å². The predicted octanol–water partition coefficient (Wildman–Crippen LogP) is -0.317. The summed E-state index contributed by atoms with van der Waals surface area (Å²) >= 11 is 0. The Morgan fingerprint density at radius 3 is 2.17 bits per heavy atom. The average molecular weight is 320 g/mol. The van der Waals surface area contributed by atoms with Crippen LogP contribution in [0.2, 0.25) is 0 Å². The third-order valence-corrected chi connectivity index (χ3v) is 3.43. The highest BCUT2D eigenvalue weighted by Crippen LogP contribution is 2.16. The van der Waals surface area contributed by atoms with Crippen molar-refractivity contribution >= 4 is 23.7 Å². The van der Waals surface area contributed by atoms with Gasteiger partial charge in [-0.25, -0.2) is 4.79 Å². The van der Waals surface area contributed by atoms with E-state index in [-0.39, 0.29) is 25.4 Å². The molecule has 1 atom stereocenters. The van der Waals surface area contributed by atoms with Crippen molar-refractivity contribution in [1.82, 2.24) is 9.80 Å². The quantitative estimate of drug-likeness (QED) is 0.615. The summed E-state index contributed by atoms with van der Waals surface area (Å²) in [7, 11) is 0. The number of allylic oxidation sites excluding steroid dienone is 1. The number of hydrogen-bond donors (Lipinski definition) is 1. The van der Waals surface area contributed by atoms with E-state index in [1.807, 2.05) is 0 Å². The Labute approximate surface area is 132 Å². The fourth-order valence-electron chi connectivity index (χ4n) is 2.25. The van der Waals surface area contributed by atoms with Gasteiger partial charge in [-0.1, -0.05) is 6.58 Å². The van der Waals surface area contributed by atoms with Gasteiger partial charge in [0.2, 0.25) is 0 Å². The number of aliphatic carboxylic acids is 1. The molecule has 2 rings (SSSR count). The van der Waals surface area contributed by atoms with Gasteiger partial charge in [0.15, 0.2) is 0 Å². The van der Waals surface area contributed by atoms with E-state index in [0.717, 1.165) is 17.1 Å². The van der Waals surface area contributed by atoms with Crippen LogP contribution >= 0.6 is 0 Å². The van der Waals surface area contributed by atoms with Gasteiger partial charge in [0.05, 0.1) is 12.6 Å². The fourth-order valence-corrected chi connectivity index (χ4v) is 2.25. The van der Waals surface area contributed by atoms with E-state index in [4.69, 9.17) is 9.84 Å². The minimum Gasteiger partial charge on any atom is -0.480 e. The van der Waals surface area contributed by atoms with Crippen molar-refractivity contribution in [2.45, 2.75) is 12.5 Å². The number of rotatable bonds is 8. The topological polar surface area (TPSA) is 104 Å². The molecular weight excluding hydrogens is 304 g/mol. The molecule has 0 radical (unpaired) electrons. The molecule has 0 aromatic carbocycles. The van der Waals surface area contributed by atoms with Crippen LogP contribution in [0.25, 0.3) is 0 Å². The predicted molar refractivity (Wildman–Crippen MR) is 77.8 cm³/mol. The Balaban J connectivity index is 1.95. The molecule has 2 aliphatic rings. The van der Waals surface area contributed by atoms with Crippen molar-refractivity contribution in [1.29, 1.82) is 0 Å². The van der Waals surface area contributed by atoms with Gasteiger partial charge in [-0.3, -0.25) is 19.3 Å². The van der Waals surface area contributed by atoms with Crippen LogP contribution in [0.5, 0.6) is 0 Å². The molecule has 0 saturated carbocycles. The van der Waals surface area contributed by atoms with Crippen molar-refractivity contribution in [3.63, 3.8) is 0 Å². The summed E-state index contributed by atoms with van der Waals surface area (Å²) in [6, 6.07) is 0. The van der Waals surface area contributed by atoms with Crippen molar-refractivity contribution < 1.29 is 29.0 Å². The molecule has 0 aromatic rings. The first-order valence-corrected chi connectivity index (χ1v) is 6.94. The minimum atomic E-state index is -1.16. The van der Waals surface area contributed by atoms with E-state index >= 15 is 0 Å². The maximum atomic E-state index is 11.6. The van der Waals surface area contributed by atoms with E-state index in [0.29, 0.717) is 5.70 Å². The number of carbonyl (C=O) groups excluding carboxylic acids is 3. The van der Waals surface area contributed by atoms with Gasteiger partial charge >= 0.3 is 5.97 Å². The molecule has 122 valence electrons. The monoisotopic (exact) mass is 320 g/mol. The van der Waals surface area contributed by atoms with Gasteiger partial charge in [-0.2, -0.15) is 0 Å². The van der Waals surface area contributed by atoms with Crippen LogP contribution in [-0.2, 0) is 23.9 Å². The van der Waals surface area contributed by atoms with Crippen LogP contribution in [0.4, 0.5) is 0 Å². The summed E-state index contributed by atoms with van der Waals surface area (Å²) < 4.78 is 5.23. The van der Waals surface area contributed by atoms with Crippen LogP contribution in [-0.4, -0.2) is 64.4 Å². The van der Waals surface area contributed by atoms with E-state index in [1.54, 1.807) is 6.08 Å². The molecule has 0 aromatic heterocycles. The summed E-state index contributed by atoms with van der Waals surface area (Å²) in [6.45, 7) is 3.35. The lowest BCUT2D eigenvalue weighted by molar-refractivity contribution is -0.146. The highest BCUT2D eigenvalue weighted by atomic mass is 16.5. The molecule has 0 spiro atoms. The van der Waals surface area contributed by atoms with Crippen LogP contribution in [0.3, 0.4) is 0 Å². The molecule has 1 unspecified atom stereocenters. The first-order valence-electron chi connectivity index (χ1n) is 6.94. The van der Waals surface area contributed by atoms with Gasteiger partial charge in [0, 0.05) is 30.5 Å². The molecular formula is C15H16N2O6. The number of carboxylic acids is 1. The third-order valence-electron chi connectivity index (χ3n) is 3.43. The van der Waals surface area contributed by atoms with Crippen molar-refractivity contribution in [3.05, 3.63) is 36.6 Å². The molecule has 0 aliphatic carbocycles. The first-order chi connectivity index (χ1) is 10.9. The molecule has 8 nitrogen and oxygen atoms in total. The molecule has 0 bridgehead atoms. The first kappa shape index (κ1) is 16.6. The second-order valence-corrected chi connectivity index (χ2v) is 5.05. The maximum absolute atomic E-state index is 11.6. The van der Waals surface area contributed by atoms with Crippen LogP contribution in [0, 0.1) is 0 Å². The molecule has 0 fully saturated rings. The van der Waals surface area contributed by atoms with Crippen molar-refractivity contribution in [2.75, 3.05) is 19.7 Å². The van der Waals surface area contributed by atoms with Crippen molar-refractivity contribution in [2.24, 2.45) is 0 Å². The smallest absolute Gasteiger partial charge is 0.329 e. The number of amides is 3. The fraction of sp³-hybridized carbons (Fsp3) is 0.333. The van der Waals surface area contributed by atoms with Crippen LogP contribution in [0.15, 0.2) is 36.6 Å². The second-order valence-electron chi connectivity index (χ2n) is 5.05. The third kappa shape index (κ3) is 4.13. The summed E-state index contributed by atoms with van der Waals surface area (Å²) in [5.41, 5.74) is 0.530. The number of carboxylic acid groups (broad SMARTS) is 1. The molecule has 8 heteroatoms. The van der Waals surface area contributed by atoms with Crippen LogP contribution in [0.1, 0.15) is 6.42 Å². The summed E-state index contributed by atoms with van der Waals surface area (Å²) in [5.74, 6) is -2.32. The zero-order valence-corrected chi connectivity index (χ0v) is 12.3. The highest BCUT2D eigenvalue weighted by Gasteiger charge is 2.28. The lowest BCUT2D eigenvalue weighted by Crippen LogP contribution is -2.40. The second kappa shape index (κ2) is 7.01. The molecule has 2 aliphatic heterocycles. The van der Waals surface area contributed by atoms with Gasteiger partial charge in [0.25, 0.3) is 17.7 Å². The average Bonchev–Trinajstić information content (AvgIpc) is 2.98. The maximum Gasteiger partial charge on any atom is 0.329 e. The molecule has 3 amide bonds. The Morgan fingerprint density at radius 2 is 1.65 bits per heavy atom. The normalized spacial score (nSPS) is 18.4.